The smallest absolute Gasteiger partial charge is 0.191 e. The third-order valence-corrected chi connectivity index (χ3v) is 7.13. The van der Waals surface area contributed by atoms with Gasteiger partial charge in [0.1, 0.15) is 11.6 Å². The summed E-state index contributed by atoms with van der Waals surface area (Å²) in [6.45, 7) is 4.66. The highest BCUT2D eigenvalue weighted by Gasteiger charge is 2.32. The van der Waals surface area contributed by atoms with Crippen molar-refractivity contribution in [3.63, 3.8) is 0 Å². The van der Waals surface area contributed by atoms with Crippen molar-refractivity contribution in [1.82, 2.24) is 14.8 Å². The van der Waals surface area contributed by atoms with E-state index in [2.05, 4.69) is 22.3 Å². The Morgan fingerprint density at radius 3 is 2.84 bits per heavy atom. The van der Waals surface area contributed by atoms with Crippen molar-refractivity contribution in [2.45, 2.75) is 31.3 Å². The van der Waals surface area contributed by atoms with Crippen molar-refractivity contribution < 1.29 is 13.2 Å². The number of hydrogen-bond acceptors (Lipinski definition) is 6. The Kier molecular flexibility index (Phi) is 5.38. The second kappa shape index (κ2) is 7.37. The van der Waals surface area contributed by atoms with Crippen LogP contribution in [0.5, 0.6) is 5.75 Å². The Bertz CT molecular complexity index is 862. The Morgan fingerprint density at radius 1 is 1.32 bits per heavy atom. The summed E-state index contributed by atoms with van der Waals surface area (Å²) in [5, 5.41) is 9.22. The van der Waals surface area contributed by atoms with E-state index in [1.807, 2.05) is 31.5 Å². The lowest BCUT2D eigenvalue weighted by atomic mass is 10.1. The number of benzene rings is 1. The number of nitrogens with zero attached hydrogens (tertiary/aromatic N) is 3. The molecule has 0 amide bonds. The zero-order valence-corrected chi connectivity index (χ0v) is 16.4. The van der Waals surface area contributed by atoms with E-state index in [0.717, 1.165) is 28.0 Å². The molecule has 1 fully saturated rings. The number of sulfone groups is 1. The molecule has 2 aromatic rings. The highest BCUT2D eigenvalue weighted by Crippen LogP contribution is 2.29. The lowest BCUT2D eigenvalue weighted by molar-refractivity contribution is 0.341. The van der Waals surface area contributed by atoms with E-state index >= 15 is 0 Å². The Balaban J connectivity index is 1.55. The fourth-order valence-electron chi connectivity index (χ4n) is 2.95. The van der Waals surface area contributed by atoms with Crippen molar-refractivity contribution >= 4 is 21.6 Å². The van der Waals surface area contributed by atoms with Crippen LogP contribution in [0.3, 0.4) is 0 Å². The molecule has 2 heterocycles. The number of rotatable bonds is 6. The van der Waals surface area contributed by atoms with Gasteiger partial charge in [-0.05, 0) is 37.5 Å². The molecule has 6 nitrogen and oxygen atoms in total. The van der Waals surface area contributed by atoms with Gasteiger partial charge in [0.15, 0.2) is 15.0 Å². The molecule has 0 unspecified atom stereocenters. The zero-order valence-electron chi connectivity index (χ0n) is 14.7. The lowest BCUT2D eigenvalue weighted by Crippen LogP contribution is -2.09. The van der Waals surface area contributed by atoms with Gasteiger partial charge in [0.2, 0.25) is 0 Å². The molecule has 8 heteroatoms. The summed E-state index contributed by atoms with van der Waals surface area (Å²) in [6, 6.07) is 6.17. The monoisotopic (exact) mass is 381 g/mol. The fraction of sp³-hybridized carbons (Fsp3) is 0.529. The van der Waals surface area contributed by atoms with Crippen LogP contribution in [0.15, 0.2) is 23.4 Å². The number of thioether (sulfide) groups is 1. The predicted octanol–water partition coefficient (Wildman–Crippen LogP) is 2.51. The van der Waals surface area contributed by atoms with Crippen LogP contribution in [0.25, 0.3) is 0 Å². The van der Waals surface area contributed by atoms with E-state index < -0.39 is 9.84 Å². The van der Waals surface area contributed by atoms with Gasteiger partial charge < -0.3 is 9.30 Å². The highest BCUT2D eigenvalue weighted by molar-refractivity contribution is 7.99. The molecule has 0 spiro atoms. The van der Waals surface area contributed by atoms with Gasteiger partial charge in [0.05, 0.1) is 18.1 Å². The second-order valence-electron chi connectivity index (χ2n) is 6.47. The predicted molar refractivity (Wildman–Crippen MR) is 99.1 cm³/mol. The number of aryl methyl sites for hydroxylation is 2. The first kappa shape index (κ1) is 18.3. The van der Waals surface area contributed by atoms with Crippen molar-refractivity contribution in [2.75, 3.05) is 23.9 Å². The SMILES string of the molecule is Cc1ccc(C)c(OCCSc2nnc([C@H]3CCS(=O)(=O)C3)n2C)c1. The van der Waals surface area contributed by atoms with Crippen molar-refractivity contribution in [2.24, 2.45) is 7.05 Å². The molecular weight excluding hydrogens is 358 g/mol. The minimum absolute atomic E-state index is 0.0388. The number of aromatic nitrogens is 3. The number of hydrogen-bond donors (Lipinski definition) is 0. The van der Waals surface area contributed by atoms with Gasteiger partial charge >= 0.3 is 0 Å². The maximum atomic E-state index is 11.7. The lowest BCUT2D eigenvalue weighted by Gasteiger charge is -2.10. The van der Waals surface area contributed by atoms with Crippen molar-refractivity contribution in [3.05, 3.63) is 35.2 Å². The molecule has 1 saturated heterocycles. The molecule has 1 aromatic heterocycles. The molecule has 25 heavy (non-hydrogen) atoms. The van der Waals surface area contributed by atoms with Gasteiger partial charge in [-0.25, -0.2) is 8.42 Å². The van der Waals surface area contributed by atoms with Gasteiger partial charge in [-0.3, -0.25) is 0 Å². The van der Waals surface area contributed by atoms with Gasteiger partial charge in [-0.1, -0.05) is 23.9 Å². The highest BCUT2D eigenvalue weighted by atomic mass is 32.2. The molecule has 0 N–H and O–H groups in total. The summed E-state index contributed by atoms with van der Waals surface area (Å²) in [5.41, 5.74) is 2.30. The van der Waals surface area contributed by atoms with Crippen LogP contribution in [-0.2, 0) is 16.9 Å². The van der Waals surface area contributed by atoms with Crippen LogP contribution >= 0.6 is 11.8 Å². The third kappa shape index (κ3) is 4.36. The average Bonchev–Trinajstić information content (AvgIpc) is 3.09. The van der Waals surface area contributed by atoms with Crippen LogP contribution in [-0.4, -0.2) is 47.0 Å². The second-order valence-corrected chi connectivity index (χ2v) is 9.76. The summed E-state index contributed by atoms with van der Waals surface area (Å²) in [6.07, 6.45) is 0.634. The summed E-state index contributed by atoms with van der Waals surface area (Å²) in [7, 11) is -1.02. The third-order valence-electron chi connectivity index (χ3n) is 4.38. The van der Waals surface area contributed by atoms with E-state index in [4.69, 9.17) is 4.74 Å². The first-order valence-electron chi connectivity index (χ1n) is 8.28. The molecular formula is C17H23N3O3S2. The Morgan fingerprint density at radius 2 is 2.12 bits per heavy atom. The van der Waals surface area contributed by atoms with Crippen LogP contribution in [0.4, 0.5) is 0 Å². The van der Waals surface area contributed by atoms with Gasteiger partial charge in [0, 0.05) is 18.7 Å². The number of ether oxygens (including phenoxy) is 1. The molecule has 1 aliphatic rings. The summed E-state index contributed by atoms with van der Waals surface area (Å²) in [4.78, 5) is 0. The summed E-state index contributed by atoms with van der Waals surface area (Å²) >= 11 is 1.57. The van der Waals surface area contributed by atoms with E-state index in [1.165, 1.54) is 5.56 Å². The first-order valence-corrected chi connectivity index (χ1v) is 11.1. The Hall–Kier alpha value is -1.54. The minimum atomic E-state index is -2.92. The molecule has 0 bridgehead atoms. The summed E-state index contributed by atoms with van der Waals surface area (Å²) < 4.78 is 31.1. The molecule has 0 saturated carbocycles. The van der Waals surface area contributed by atoms with E-state index in [9.17, 15) is 8.42 Å². The van der Waals surface area contributed by atoms with Gasteiger partial charge in [-0.2, -0.15) is 0 Å². The van der Waals surface area contributed by atoms with Gasteiger partial charge in [-0.15, -0.1) is 10.2 Å². The topological polar surface area (TPSA) is 74.1 Å². The maximum absolute atomic E-state index is 11.7. The first-order chi connectivity index (χ1) is 11.9. The minimum Gasteiger partial charge on any atom is -0.492 e. The molecule has 1 atom stereocenters. The average molecular weight is 382 g/mol. The zero-order chi connectivity index (χ0) is 18.0. The molecule has 1 aliphatic heterocycles. The van der Waals surface area contributed by atoms with Crippen molar-refractivity contribution in [1.29, 1.82) is 0 Å². The molecule has 1 aromatic carbocycles. The molecule has 0 aliphatic carbocycles. The maximum Gasteiger partial charge on any atom is 0.191 e. The standard InChI is InChI=1S/C17H23N3O3S2/c1-12-4-5-13(2)15(10-12)23-7-8-24-17-19-18-16(20(17)3)14-6-9-25(21,22)11-14/h4-5,10,14H,6-9,11H2,1-3H3/t14-/m0/s1. The largest absolute Gasteiger partial charge is 0.492 e. The van der Waals surface area contributed by atoms with Crippen molar-refractivity contribution in [3.8, 4) is 5.75 Å². The summed E-state index contributed by atoms with van der Waals surface area (Å²) in [5.74, 6) is 2.82. The fourth-order valence-corrected chi connectivity index (χ4v) is 5.43. The molecule has 136 valence electrons. The van der Waals surface area contributed by atoms with Crippen LogP contribution < -0.4 is 4.74 Å². The van der Waals surface area contributed by atoms with E-state index in [1.54, 1.807) is 11.8 Å². The quantitative estimate of drug-likeness (QED) is 0.565. The van der Waals surface area contributed by atoms with Crippen LogP contribution in [0, 0.1) is 13.8 Å². The van der Waals surface area contributed by atoms with E-state index in [-0.39, 0.29) is 17.4 Å². The molecule has 3 rings (SSSR count). The van der Waals surface area contributed by atoms with E-state index in [0.29, 0.717) is 13.0 Å². The van der Waals surface area contributed by atoms with Gasteiger partial charge in [0.25, 0.3) is 0 Å². The molecule has 0 radical (unpaired) electrons. The van der Waals surface area contributed by atoms with Crippen LogP contribution in [0.1, 0.15) is 29.3 Å². The normalized spacial score (nSPS) is 19.2. The van der Waals surface area contributed by atoms with Crippen LogP contribution in [0.2, 0.25) is 0 Å². The Labute approximate surface area is 152 Å².